The topological polar surface area (TPSA) is 29.0 Å². The lowest BCUT2D eigenvalue weighted by atomic mass is 10.3. The van der Waals surface area contributed by atoms with E-state index in [9.17, 15) is 0 Å². The fraction of sp³-hybridized carbons (Fsp3) is 0.167. The molecule has 1 aromatic carbocycles. The molecule has 0 aliphatic rings. The van der Waals surface area contributed by atoms with Crippen LogP contribution in [0.2, 0.25) is 0 Å². The molecule has 2 rings (SSSR count). The van der Waals surface area contributed by atoms with Crippen LogP contribution in [0, 0.1) is 6.92 Å². The Morgan fingerprint density at radius 2 is 1.60 bits per heavy atom. The first kappa shape index (κ1) is 9.65. The van der Waals surface area contributed by atoms with E-state index in [-0.39, 0.29) is 0 Å². The van der Waals surface area contributed by atoms with E-state index in [0.29, 0.717) is 5.95 Å². The van der Waals surface area contributed by atoms with Crippen molar-refractivity contribution in [3.8, 4) is 0 Å². The van der Waals surface area contributed by atoms with Crippen LogP contribution in [0.15, 0.2) is 42.7 Å². The predicted octanol–water partition coefficient (Wildman–Crippen LogP) is 2.55. The van der Waals surface area contributed by atoms with E-state index >= 15 is 0 Å². The molecular weight excluding hydrogens is 186 g/mol. The first-order valence-electron chi connectivity index (χ1n) is 4.85. The molecule has 3 heteroatoms. The number of aromatic nitrogens is 2. The number of rotatable bonds is 2. The van der Waals surface area contributed by atoms with E-state index in [1.165, 1.54) is 0 Å². The van der Waals surface area contributed by atoms with E-state index in [2.05, 4.69) is 9.97 Å². The van der Waals surface area contributed by atoms with Crippen LogP contribution in [0.1, 0.15) is 5.56 Å². The van der Waals surface area contributed by atoms with E-state index < -0.39 is 0 Å². The average Bonchev–Trinajstić information content (AvgIpc) is 2.30. The lowest BCUT2D eigenvalue weighted by Gasteiger charge is -2.16. The Bertz CT molecular complexity index is 422. The predicted molar refractivity (Wildman–Crippen MR) is 61.3 cm³/mol. The summed E-state index contributed by atoms with van der Waals surface area (Å²) in [5, 5.41) is 0. The van der Waals surface area contributed by atoms with Crippen LogP contribution in [0.25, 0.3) is 0 Å². The summed E-state index contributed by atoms with van der Waals surface area (Å²) < 4.78 is 0. The monoisotopic (exact) mass is 199 g/mol. The molecule has 0 fully saturated rings. The first-order valence-corrected chi connectivity index (χ1v) is 4.85. The highest BCUT2D eigenvalue weighted by molar-refractivity contribution is 5.55. The third-order valence-corrected chi connectivity index (χ3v) is 2.21. The number of aryl methyl sites for hydroxylation is 1. The summed E-state index contributed by atoms with van der Waals surface area (Å²) in [5.74, 6) is 0.715. The fourth-order valence-corrected chi connectivity index (χ4v) is 1.33. The van der Waals surface area contributed by atoms with Crippen LogP contribution < -0.4 is 4.90 Å². The summed E-state index contributed by atoms with van der Waals surface area (Å²) in [4.78, 5) is 10.5. The third-order valence-electron chi connectivity index (χ3n) is 2.21. The van der Waals surface area contributed by atoms with Gasteiger partial charge < -0.3 is 4.90 Å². The normalized spacial score (nSPS) is 10.0. The second-order valence-corrected chi connectivity index (χ2v) is 3.45. The molecule has 0 saturated carbocycles. The number of nitrogens with zero attached hydrogens (tertiary/aromatic N) is 3. The molecule has 2 aromatic rings. The maximum absolute atomic E-state index is 4.27. The van der Waals surface area contributed by atoms with Crippen molar-refractivity contribution in [2.24, 2.45) is 0 Å². The van der Waals surface area contributed by atoms with Gasteiger partial charge in [-0.3, -0.25) is 0 Å². The summed E-state index contributed by atoms with van der Waals surface area (Å²) >= 11 is 0. The number of hydrogen-bond donors (Lipinski definition) is 0. The van der Waals surface area contributed by atoms with Gasteiger partial charge in [0.15, 0.2) is 0 Å². The van der Waals surface area contributed by atoms with E-state index in [4.69, 9.17) is 0 Å². The summed E-state index contributed by atoms with van der Waals surface area (Å²) in [6, 6.07) is 10.1. The Kier molecular flexibility index (Phi) is 2.63. The maximum atomic E-state index is 4.27. The van der Waals surface area contributed by atoms with Crippen LogP contribution in [0.3, 0.4) is 0 Å². The van der Waals surface area contributed by atoms with Crippen molar-refractivity contribution < 1.29 is 0 Å². The minimum Gasteiger partial charge on any atom is -0.314 e. The first-order chi connectivity index (χ1) is 7.27. The molecule has 0 bridgehead atoms. The lowest BCUT2D eigenvalue weighted by molar-refractivity contribution is 1.03. The summed E-state index contributed by atoms with van der Waals surface area (Å²) in [6.45, 7) is 1.98. The number of benzene rings is 1. The van der Waals surface area contributed by atoms with Crippen LogP contribution in [0.4, 0.5) is 11.6 Å². The Labute approximate surface area is 89.4 Å². The van der Waals surface area contributed by atoms with Gasteiger partial charge in [0.25, 0.3) is 0 Å². The lowest BCUT2D eigenvalue weighted by Crippen LogP contribution is -2.12. The summed E-state index contributed by atoms with van der Waals surface area (Å²) in [7, 11) is 1.96. The van der Waals surface area contributed by atoms with Gasteiger partial charge in [-0.25, -0.2) is 9.97 Å². The largest absolute Gasteiger partial charge is 0.314 e. The van der Waals surface area contributed by atoms with Crippen LogP contribution in [0.5, 0.6) is 0 Å². The Morgan fingerprint density at radius 3 is 2.20 bits per heavy atom. The van der Waals surface area contributed by atoms with Crippen molar-refractivity contribution >= 4 is 11.6 Å². The van der Waals surface area contributed by atoms with Gasteiger partial charge in [-0.05, 0) is 24.6 Å². The molecule has 0 atom stereocenters. The smallest absolute Gasteiger partial charge is 0.229 e. The zero-order chi connectivity index (χ0) is 10.7. The van der Waals surface area contributed by atoms with Crippen molar-refractivity contribution in [2.75, 3.05) is 11.9 Å². The molecule has 3 nitrogen and oxygen atoms in total. The Balaban J connectivity index is 2.29. The van der Waals surface area contributed by atoms with Crippen molar-refractivity contribution in [3.05, 3.63) is 48.3 Å². The highest BCUT2D eigenvalue weighted by atomic mass is 15.2. The Morgan fingerprint density at radius 1 is 1.00 bits per heavy atom. The van der Waals surface area contributed by atoms with Crippen LogP contribution in [-0.2, 0) is 0 Å². The second-order valence-electron chi connectivity index (χ2n) is 3.45. The van der Waals surface area contributed by atoms with Gasteiger partial charge in [-0.1, -0.05) is 18.2 Å². The molecule has 0 N–H and O–H groups in total. The average molecular weight is 199 g/mol. The van der Waals surface area contributed by atoms with Gasteiger partial charge in [0, 0.05) is 25.1 Å². The molecule has 1 heterocycles. The zero-order valence-electron chi connectivity index (χ0n) is 8.88. The molecule has 0 aliphatic heterocycles. The van der Waals surface area contributed by atoms with Gasteiger partial charge in [0.2, 0.25) is 5.95 Å². The van der Waals surface area contributed by atoms with Gasteiger partial charge in [0.05, 0.1) is 0 Å². The molecule has 1 aromatic heterocycles. The van der Waals surface area contributed by atoms with Crippen molar-refractivity contribution in [1.29, 1.82) is 0 Å². The van der Waals surface area contributed by atoms with Crippen LogP contribution in [-0.4, -0.2) is 17.0 Å². The SMILES string of the molecule is Cc1cnc(N(C)c2ccccc2)nc1. The van der Waals surface area contributed by atoms with Gasteiger partial charge >= 0.3 is 0 Å². The minimum atomic E-state index is 0.715. The molecule has 0 spiro atoms. The quantitative estimate of drug-likeness (QED) is 0.744. The van der Waals surface area contributed by atoms with Crippen molar-refractivity contribution in [2.45, 2.75) is 6.92 Å². The molecule has 0 radical (unpaired) electrons. The minimum absolute atomic E-state index is 0.715. The molecular formula is C12H13N3. The standard InChI is InChI=1S/C12H13N3/c1-10-8-13-12(14-9-10)15(2)11-6-4-3-5-7-11/h3-9H,1-2H3. The molecule has 0 amide bonds. The molecule has 0 aliphatic carbocycles. The molecule has 15 heavy (non-hydrogen) atoms. The highest BCUT2D eigenvalue weighted by Crippen LogP contribution is 2.18. The van der Waals surface area contributed by atoms with Crippen molar-refractivity contribution in [3.63, 3.8) is 0 Å². The maximum Gasteiger partial charge on any atom is 0.229 e. The summed E-state index contributed by atoms with van der Waals surface area (Å²) in [5.41, 5.74) is 2.15. The highest BCUT2D eigenvalue weighted by Gasteiger charge is 2.04. The van der Waals surface area contributed by atoms with Gasteiger partial charge in [-0.2, -0.15) is 0 Å². The van der Waals surface area contributed by atoms with E-state index in [1.54, 1.807) is 0 Å². The summed E-state index contributed by atoms with van der Waals surface area (Å²) in [6.07, 6.45) is 3.64. The molecule has 0 saturated heterocycles. The van der Waals surface area contributed by atoms with Crippen molar-refractivity contribution in [1.82, 2.24) is 9.97 Å². The number of hydrogen-bond acceptors (Lipinski definition) is 3. The Hall–Kier alpha value is -1.90. The molecule has 0 unspecified atom stereocenters. The van der Waals surface area contributed by atoms with Gasteiger partial charge in [-0.15, -0.1) is 0 Å². The number of anilines is 2. The number of para-hydroxylation sites is 1. The third kappa shape index (κ3) is 2.13. The molecule has 76 valence electrons. The second kappa shape index (κ2) is 4.09. The van der Waals surface area contributed by atoms with Gasteiger partial charge in [0.1, 0.15) is 0 Å². The van der Waals surface area contributed by atoms with E-state index in [0.717, 1.165) is 11.3 Å². The zero-order valence-corrected chi connectivity index (χ0v) is 8.88. The van der Waals surface area contributed by atoms with E-state index in [1.807, 2.05) is 61.6 Å². The fourth-order valence-electron chi connectivity index (χ4n) is 1.33. The van der Waals surface area contributed by atoms with Crippen LogP contribution >= 0.6 is 0 Å².